The maximum Gasteiger partial charge on any atom is 0.160 e. The number of ether oxygens (including phenoxy) is 1. The van der Waals surface area contributed by atoms with E-state index in [0.717, 1.165) is 0 Å². The summed E-state index contributed by atoms with van der Waals surface area (Å²) in [6, 6.07) is 11.0. The van der Waals surface area contributed by atoms with Crippen LogP contribution in [0.3, 0.4) is 0 Å². The minimum atomic E-state index is 0.162. The molecule has 2 aromatic rings. The monoisotopic (exact) mass is 249 g/mol. The van der Waals surface area contributed by atoms with E-state index in [1.165, 1.54) is 4.88 Å². The van der Waals surface area contributed by atoms with Crippen molar-refractivity contribution in [3.05, 3.63) is 46.7 Å². The van der Waals surface area contributed by atoms with E-state index >= 15 is 0 Å². The van der Waals surface area contributed by atoms with Gasteiger partial charge in [-0.3, -0.25) is 0 Å². The molecule has 0 aliphatic heterocycles. The highest BCUT2D eigenvalue weighted by Crippen LogP contribution is 2.27. The number of phenols is 1. The van der Waals surface area contributed by atoms with E-state index in [1.54, 1.807) is 29.5 Å². The van der Waals surface area contributed by atoms with Crippen LogP contribution >= 0.6 is 11.3 Å². The van der Waals surface area contributed by atoms with Gasteiger partial charge in [0.1, 0.15) is 0 Å². The number of rotatable bonds is 5. The molecule has 0 saturated carbocycles. The first-order valence-electron chi connectivity index (χ1n) is 5.45. The third-order valence-corrected chi connectivity index (χ3v) is 3.57. The maximum absolute atomic E-state index is 9.57. The van der Waals surface area contributed by atoms with Gasteiger partial charge >= 0.3 is 0 Å². The lowest BCUT2D eigenvalue weighted by atomic mass is 10.1. The molecule has 0 spiro atoms. The van der Waals surface area contributed by atoms with Crippen molar-refractivity contribution in [2.45, 2.75) is 5.92 Å². The number of benzene rings is 1. The average molecular weight is 249 g/mol. The molecule has 1 aromatic heterocycles. The van der Waals surface area contributed by atoms with Crippen LogP contribution in [0.2, 0.25) is 0 Å². The van der Waals surface area contributed by atoms with Crippen molar-refractivity contribution >= 4 is 11.3 Å². The molecule has 0 amide bonds. The number of thiophene rings is 1. The summed E-state index contributed by atoms with van der Waals surface area (Å²) in [4.78, 5) is 1.21. The van der Waals surface area contributed by atoms with Gasteiger partial charge in [0.15, 0.2) is 11.5 Å². The van der Waals surface area contributed by atoms with E-state index < -0.39 is 0 Å². The number of phenolic OH excluding ortho intramolecular Hbond substituents is 1. The Labute approximate surface area is 104 Å². The van der Waals surface area contributed by atoms with Crippen molar-refractivity contribution in [3.63, 3.8) is 0 Å². The van der Waals surface area contributed by atoms with E-state index in [0.29, 0.717) is 18.9 Å². The highest BCUT2D eigenvalue weighted by Gasteiger charge is 2.12. The van der Waals surface area contributed by atoms with Crippen LogP contribution in [0.15, 0.2) is 41.8 Å². The molecule has 0 bridgehead atoms. The largest absolute Gasteiger partial charge is 0.504 e. The second-order valence-corrected chi connectivity index (χ2v) is 4.71. The van der Waals surface area contributed by atoms with E-state index in [2.05, 4.69) is 6.07 Å². The number of para-hydroxylation sites is 2. The molecule has 3 N–H and O–H groups in total. The van der Waals surface area contributed by atoms with Crippen molar-refractivity contribution in [1.29, 1.82) is 0 Å². The number of hydrogen-bond acceptors (Lipinski definition) is 4. The van der Waals surface area contributed by atoms with Crippen molar-refractivity contribution in [1.82, 2.24) is 0 Å². The molecule has 1 aromatic carbocycles. The fourth-order valence-electron chi connectivity index (χ4n) is 1.56. The zero-order chi connectivity index (χ0) is 12.1. The predicted octanol–water partition coefficient (Wildman–Crippen LogP) is 2.58. The van der Waals surface area contributed by atoms with Crippen molar-refractivity contribution < 1.29 is 9.84 Å². The lowest BCUT2D eigenvalue weighted by Crippen LogP contribution is -2.18. The van der Waals surface area contributed by atoms with Gasteiger partial charge in [-0.2, -0.15) is 0 Å². The molecular formula is C13H15NO2S. The molecule has 4 heteroatoms. The van der Waals surface area contributed by atoms with Crippen molar-refractivity contribution in [2.24, 2.45) is 5.73 Å². The van der Waals surface area contributed by atoms with Crippen molar-refractivity contribution in [2.75, 3.05) is 13.2 Å². The average Bonchev–Trinajstić information content (AvgIpc) is 2.86. The summed E-state index contributed by atoms with van der Waals surface area (Å²) in [5.41, 5.74) is 5.73. The minimum absolute atomic E-state index is 0.162. The molecule has 0 saturated heterocycles. The first kappa shape index (κ1) is 12.0. The molecule has 0 fully saturated rings. The molecule has 3 nitrogen and oxygen atoms in total. The van der Waals surface area contributed by atoms with Gasteiger partial charge in [0, 0.05) is 17.3 Å². The number of nitrogens with two attached hydrogens (primary N) is 1. The summed E-state index contributed by atoms with van der Waals surface area (Å²) in [5.74, 6) is 0.839. The summed E-state index contributed by atoms with van der Waals surface area (Å²) in [7, 11) is 0. The number of hydrogen-bond donors (Lipinski definition) is 2. The summed E-state index contributed by atoms with van der Waals surface area (Å²) in [6.07, 6.45) is 0. The zero-order valence-electron chi connectivity index (χ0n) is 9.37. The van der Waals surface area contributed by atoms with Gasteiger partial charge in [-0.15, -0.1) is 11.3 Å². The van der Waals surface area contributed by atoms with Gasteiger partial charge in [-0.1, -0.05) is 18.2 Å². The second-order valence-electron chi connectivity index (χ2n) is 3.73. The summed E-state index contributed by atoms with van der Waals surface area (Å²) in [6.45, 7) is 1.02. The standard InChI is InChI=1S/C13H15NO2S/c14-8-10(13-6-3-7-17-13)9-16-12-5-2-1-4-11(12)15/h1-7,10,15H,8-9,14H2. The topological polar surface area (TPSA) is 55.5 Å². The fraction of sp³-hybridized carbons (Fsp3) is 0.231. The molecule has 0 radical (unpaired) electrons. The van der Waals surface area contributed by atoms with Gasteiger partial charge in [0.25, 0.3) is 0 Å². The van der Waals surface area contributed by atoms with E-state index in [9.17, 15) is 5.11 Å². The van der Waals surface area contributed by atoms with Crippen LogP contribution in [0, 0.1) is 0 Å². The smallest absolute Gasteiger partial charge is 0.160 e. The summed E-state index contributed by atoms with van der Waals surface area (Å²) >= 11 is 1.67. The lowest BCUT2D eigenvalue weighted by Gasteiger charge is -2.14. The molecule has 2 rings (SSSR count). The van der Waals surface area contributed by atoms with Gasteiger partial charge in [0.05, 0.1) is 6.61 Å². The quantitative estimate of drug-likeness (QED) is 0.856. The van der Waals surface area contributed by atoms with Crippen LogP contribution in [-0.2, 0) is 0 Å². The first-order valence-corrected chi connectivity index (χ1v) is 6.33. The summed E-state index contributed by atoms with van der Waals surface area (Å²) in [5, 5.41) is 11.6. The van der Waals surface area contributed by atoms with Crippen LogP contribution in [-0.4, -0.2) is 18.3 Å². The van der Waals surface area contributed by atoms with E-state index in [-0.39, 0.29) is 11.7 Å². The highest BCUT2D eigenvalue weighted by atomic mass is 32.1. The van der Waals surface area contributed by atoms with Crippen LogP contribution in [0.25, 0.3) is 0 Å². The molecule has 0 aliphatic carbocycles. The normalized spacial score (nSPS) is 12.3. The molecule has 0 aliphatic rings. The van der Waals surface area contributed by atoms with E-state index in [4.69, 9.17) is 10.5 Å². The molecule has 90 valence electrons. The zero-order valence-corrected chi connectivity index (χ0v) is 10.2. The van der Waals surface area contributed by atoms with Gasteiger partial charge in [-0.25, -0.2) is 0 Å². The fourth-order valence-corrected chi connectivity index (χ4v) is 2.39. The Morgan fingerprint density at radius 1 is 1.24 bits per heavy atom. The van der Waals surface area contributed by atoms with Crippen LogP contribution in [0.1, 0.15) is 10.8 Å². The molecule has 1 atom stereocenters. The van der Waals surface area contributed by atoms with E-state index in [1.807, 2.05) is 17.5 Å². The first-order chi connectivity index (χ1) is 8.31. The Morgan fingerprint density at radius 2 is 2.06 bits per heavy atom. The molecular weight excluding hydrogens is 234 g/mol. The Balaban J connectivity index is 2.00. The highest BCUT2D eigenvalue weighted by molar-refractivity contribution is 7.10. The Kier molecular flexibility index (Phi) is 4.01. The predicted molar refractivity (Wildman–Crippen MR) is 69.7 cm³/mol. The third kappa shape index (κ3) is 2.99. The Hall–Kier alpha value is -1.52. The van der Waals surface area contributed by atoms with Crippen molar-refractivity contribution in [3.8, 4) is 11.5 Å². The number of aromatic hydroxyl groups is 1. The SMILES string of the molecule is NCC(COc1ccccc1O)c1cccs1. The van der Waals surface area contributed by atoms with Gasteiger partial charge < -0.3 is 15.6 Å². The second kappa shape index (κ2) is 5.70. The molecule has 1 unspecified atom stereocenters. The molecule has 17 heavy (non-hydrogen) atoms. The van der Waals surface area contributed by atoms with Gasteiger partial charge in [0.2, 0.25) is 0 Å². The van der Waals surface area contributed by atoms with Gasteiger partial charge in [-0.05, 0) is 23.6 Å². The van der Waals surface area contributed by atoms with Crippen LogP contribution < -0.4 is 10.5 Å². The molecule has 1 heterocycles. The third-order valence-electron chi connectivity index (χ3n) is 2.54. The Morgan fingerprint density at radius 3 is 2.71 bits per heavy atom. The Bertz CT molecular complexity index is 456. The summed E-state index contributed by atoms with van der Waals surface area (Å²) < 4.78 is 5.59. The minimum Gasteiger partial charge on any atom is -0.504 e. The van der Waals surface area contributed by atoms with Crippen LogP contribution in [0.4, 0.5) is 0 Å². The van der Waals surface area contributed by atoms with Crippen LogP contribution in [0.5, 0.6) is 11.5 Å². The maximum atomic E-state index is 9.57. The lowest BCUT2D eigenvalue weighted by molar-refractivity contribution is 0.278.